The van der Waals surface area contributed by atoms with Gasteiger partial charge in [0.05, 0.1) is 10.7 Å². The number of aromatic amines is 1. The van der Waals surface area contributed by atoms with Crippen LogP contribution in [0.15, 0.2) is 30.5 Å². The van der Waals surface area contributed by atoms with Crippen molar-refractivity contribution in [2.45, 2.75) is 26.7 Å². The Morgan fingerprint density at radius 2 is 2.14 bits per heavy atom. The Bertz CT molecular complexity index is 801. The molecule has 5 heteroatoms. The summed E-state index contributed by atoms with van der Waals surface area (Å²) < 4.78 is 0. The van der Waals surface area contributed by atoms with Crippen molar-refractivity contribution in [2.75, 3.05) is 5.32 Å². The van der Waals surface area contributed by atoms with Crippen molar-refractivity contribution >= 4 is 33.8 Å². The predicted molar refractivity (Wildman–Crippen MR) is 87.2 cm³/mol. The van der Waals surface area contributed by atoms with Gasteiger partial charge in [0.25, 0.3) is 5.91 Å². The Morgan fingerprint density at radius 3 is 2.90 bits per heavy atom. The maximum Gasteiger partial charge on any atom is 0.275 e. The molecule has 0 saturated heterocycles. The molecule has 3 aromatic rings. The average molecular weight is 299 g/mol. The highest BCUT2D eigenvalue weighted by atomic mass is 32.1. The van der Waals surface area contributed by atoms with E-state index >= 15 is 0 Å². The second-order valence-corrected chi connectivity index (χ2v) is 6.53. The van der Waals surface area contributed by atoms with Crippen molar-refractivity contribution in [3.8, 4) is 0 Å². The van der Waals surface area contributed by atoms with E-state index in [1.54, 1.807) is 11.3 Å². The fraction of sp³-hybridized carbons (Fsp3) is 0.250. The van der Waals surface area contributed by atoms with Crippen molar-refractivity contribution in [3.05, 3.63) is 46.0 Å². The predicted octanol–water partition coefficient (Wildman–Crippen LogP) is 4.31. The second kappa shape index (κ2) is 5.33. The molecular weight excluding hydrogens is 282 g/mol. The molecule has 0 atom stereocenters. The summed E-state index contributed by atoms with van der Waals surface area (Å²) >= 11 is 1.59. The molecule has 0 saturated carbocycles. The topological polar surface area (TPSA) is 57.8 Å². The van der Waals surface area contributed by atoms with Crippen LogP contribution in [-0.4, -0.2) is 15.9 Å². The summed E-state index contributed by atoms with van der Waals surface area (Å²) in [5.74, 6) is 0.150. The monoisotopic (exact) mass is 299 g/mol. The largest absolute Gasteiger partial charge is 0.361 e. The van der Waals surface area contributed by atoms with Crippen LogP contribution in [-0.2, 0) is 0 Å². The number of carbonyl (C=O) groups is 1. The van der Waals surface area contributed by atoms with Crippen molar-refractivity contribution in [3.63, 3.8) is 0 Å². The number of hydrogen-bond acceptors (Lipinski definition) is 3. The van der Waals surface area contributed by atoms with Gasteiger partial charge >= 0.3 is 0 Å². The summed E-state index contributed by atoms with van der Waals surface area (Å²) in [7, 11) is 0. The van der Waals surface area contributed by atoms with Gasteiger partial charge in [-0.3, -0.25) is 4.79 Å². The number of amides is 1. The summed E-state index contributed by atoms with van der Waals surface area (Å²) in [5, 5.41) is 4.90. The zero-order chi connectivity index (χ0) is 15.0. The average Bonchev–Trinajstić information content (AvgIpc) is 3.05. The third-order valence-corrected chi connectivity index (χ3v) is 4.61. The Hall–Kier alpha value is -2.14. The summed E-state index contributed by atoms with van der Waals surface area (Å²) in [6.45, 7) is 6.09. The molecule has 2 heterocycles. The maximum atomic E-state index is 12.5. The lowest BCUT2D eigenvalue weighted by Gasteiger charge is -2.08. The zero-order valence-corrected chi connectivity index (χ0v) is 13.0. The fourth-order valence-electron chi connectivity index (χ4n) is 2.37. The van der Waals surface area contributed by atoms with E-state index < -0.39 is 0 Å². The van der Waals surface area contributed by atoms with Gasteiger partial charge in [0.15, 0.2) is 0 Å². The van der Waals surface area contributed by atoms with Crippen LogP contribution in [0.2, 0.25) is 0 Å². The highest BCUT2D eigenvalue weighted by Gasteiger charge is 2.19. The van der Waals surface area contributed by atoms with Gasteiger partial charge in [-0.15, -0.1) is 11.3 Å². The number of anilines is 1. The molecule has 0 radical (unpaired) electrons. The minimum atomic E-state index is -0.142. The maximum absolute atomic E-state index is 12.5. The lowest BCUT2D eigenvalue weighted by atomic mass is 10.1. The second-order valence-electron chi connectivity index (χ2n) is 5.30. The van der Waals surface area contributed by atoms with E-state index in [1.807, 2.05) is 37.4 Å². The van der Waals surface area contributed by atoms with E-state index in [0.717, 1.165) is 26.5 Å². The molecule has 0 unspecified atom stereocenters. The van der Waals surface area contributed by atoms with E-state index in [4.69, 9.17) is 0 Å². The number of nitrogens with one attached hydrogen (secondary N) is 2. The summed E-state index contributed by atoms with van der Waals surface area (Å²) in [6, 6.07) is 7.77. The molecule has 0 spiro atoms. The summed E-state index contributed by atoms with van der Waals surface area (Å²) in [6.07, 6.45) is 1.87. The number of H-pyrrole nitrogens is 1. The third kappa shape index (κ3) is 2.56. The number of rotatable bonds is 3. The van der Waals surface area contributed by atoms with Crippen molar-refractivity contribution in [1.82, 2.24) is 9.97 Å². The molecule has 4 nitrogen and oxygen atoms in total. The molecular formula is C16H17N3OS. The van der Waals surface area contributed by atoms with Gasteiger partial charge in [-0.1, -0.05) is 19.9 Å². The molecule has 1 amide bonds. The zero-order valence-electron chi connectivity index (χ0n) is 12.2. The van der Waals surface area contributed by atoms with Crippen molar-refractivity contribution in [1.29, 1.82) is 0 Å². The van der Waals surface area contributed by atoms with Crippen LogP contribution in [0.4, 0.5) is 5.69 Å². The third-order valence-electron chi connectivity index (χ3n) is 3.34. The van der Waals surface area contributed by atoms with Crippen molar-refractivity contribution < 1.29 is 4.79 Å². The standard InChI is InChI=1S/C16H17N3OS/c1-9(2)15-14(18-10(3)21-15)16(20)19-13-6-4-5-12-11(13)7-8-17-12/h4-9,17H,1-3H3,(H,19,20). The number of aromatic nitrogens is 2. The molecule has 0 bridgehead atoms. The number of thiazole rings is 1. The normalized spacial score (nSPS) is 11.2. The molecule has 0 aliphatic rings. The highest BCUT2D eigenvalue weighted by molar-refractivity contribution is 7.12. The highest BCUT2D eigenvalue weighted by Crippen LogP contribution is 2.28. The summed E-state index contributed by atoms with van der Waals surface area (Å²) in [5.41, 5.74) is 2.35. The van der Waals surface area contributed by atoms with E-state index in [-0.39, 0.29) is 5.91 Å². The molecule has 1 aromatic carbocycles. The Labute approximate surface area is 127 Å². The molecule has 108 valence electrons. The number of benzene rings is 1. The first kappa shape index (κ1) is 13.8. The van der Waals surface area contributed by atoms with E-state index in [0.29, 0.717) is 11.6 Å². The van der Waals surface area contributed by atoms with E-state index in [2.05, 4.69) is 29.1 Å². The van der Waals surface area contributed by atoms with Crippen LogP contribution < -0.4 is 5.32 Å². The lowest BCUT2D eigenvalue weighted by Crippen LogP contribution is -2.14. The number of carbonyl (C=O) groups excluding carboxylic acids is 1. The van der Waals surface area contributed by atoms with Gasteiger partial charge in [-0.2, -0.15) is 0 Å². The van der Waals surface area contributed by atoms with Crippen LogP contribution in [0, 0.1) is 6.92 Å². The molecule has 2 N–H and O–H groups in total. The number of fused-ring (bicyclic) bond motifs is 1. The Balaban J connectivity index is 1.95. The number of nitrogens with zero attached hydrogens (tertiary/aromatic N) is 1. The van der Waals surface area contributed by atoms with Gasteiger partial charge in [-0.05, 0) is 31.0 Å². The van der Waals surface area contributed by atoms with Crippen LogP contribution >= 0.6 is 11.3 Å². The van der Waals surface area contributed by atoms with Gasteiger partial charge in [-0.25, -0.2) is 4.98 Å². The quantitative estimate of drug-likeness (QED) is 0.757. The first-order chi connectivity index (χ1) is 10.1. The number of aryl methyl sites for hydroxylation is 1. The molecule has 0 fully saturated rings. The first-order valence-corrected chi connectivity index (χ1v) is 7.72. The van der Waals surface area contributed by atoms with Crippen LogP contribution in [0.3, 0.4) is 0 Å². The van der Waals surface area contributed by atoms with Crippen LogP contribution in [0.25, 0.3) is 10.9 Å². The molecule has 3 rings (SSSR count). The van der Waals surface area contributed by atoms with Gasteiger partial charge in [0.2, 0.25) is 0 Å². The first-order valence-electron chi connectivity index (χ1n) is 6.91. The lowest BCUT2D eigenvalue weighted by molar-refractivity contribution is 0.102. The van der Waals surface area contributed by atoms with Gasteiger partial charge in [0.1, 0.15) is 5.69 Å². The molecule has 2 aromatic heterocycles. The van der Waals surface area contributed by atoms with Crippen LogP contribution in [0.1, 0.15) is 40.1 Å². The van der Waals surface area contributed by atoms with Crippen LogP contribution in [0.5, 0.6) is 0 Å². The fourth-order valence-corrected chi connectivity index (χ4v) is 3.30. The minimum absolute atomic E-state index is 0.142. The number of hydrogen-bond donors (Lipinski definition) is 2. The van der Waals surface area contributed by atoms with Gasteiger partial charge in [0, 0.05) is 22.0 Å². The minimum Gasteiger partial charge on any atom is -0.361 e. The molecule has 0 aliphatic carbocycles. The van der Waals surface area contributed by atoms with Crippen molar-refractivity contribution in [2.24, 2.45) is 0 Å². The molecule has 0 aliphatic heterocycles. The van der Waals surface area contributed by atoms with E-state index in [1.165, 1.54) is 0 Å². The smallest absolute Gasteiger partial charge is 0.275 e. The Kier molecular flexibility index (Phi) is 3.51. The van der Waals surface area contributed by atoms with Gasteiger partial charge < -0.3 is 10.3 Å². The Morgan fingerprint density at radius 1 is 1.33 bits per heavy atom. The SMILES string of the molecule is Cc1nc(C(=O)Nc2cccc3[nH]ccc23)c(C(C)C)s1. The van der Waals surface area contributed by atoms with E-state index in [9.17, 15) is 4.79 Å². The summed E-state index contributed by atoms with van der Waals surface area (Å²) in [4.78, 5) is 21.1. The molecule has 21 heavy (non-hydrogen) atoms.